The molecule has 0 radical (unpaired) electrons. The smallest absolute Gasteiger partial charge is 0.339 e. The van der Waals surface area contributed by atoms with Gasteiger partial charge in [-0.2, -0.15) is 0 Å². The van der Waals surface area contributed by atoms with E-state index >= 15 is 0 Å². The van der Waals surface area contributed by atoms with Gasteiger partial charge in [-0.05, 0) is 203 Å². The van der Waals surface area contributed by atoms with Crippen molar-refractivity contribution in [3.8, 4) is 33.4 Å². The van der Waals surface area contributed by atoms with Crippen molar-refractivity contribution in [1.29, 1.82) is 0 Å². The van der Waals surface area contributed by atoms with E-state index in [0.29, 0.717) is 44.2 Å². The number of nitrogens with zero attached hydrogens (tertiary/aromatic N) is 5. The summed E-state index contributed by atoms with van der Waals surface area (Å²) in [5, 5.41) is 8.06. The molecule has 0 N–H and O–H groups in total. The first-order valence-electron chi connectivity index (χ1n) is 48.0. The van der Waals surface area contributed by atoms with Gasteiger partial charge in [-0.25, -0.2) is 9.59 Å². The highest BCUT2D eigenvalue weighted by Gasteiger charge is 2.39. The molecule has 3 aliphatic carbocycles. The number of fused-ring (bicyclic) bond motifs is 13. The molecule has 0 heterocycles. The minimum atomic E-state index is -0.294. The summed E-state index contributed by atoms with van der Waals surface area (Å²) in [6, 6.07) is 85.4. The maximum atomic E-state index is 13.1. The van der Waals surface area contributed by atoms with Crippen LogP contribution in [-0.4, -0.2) is 218 Å². The Morgan fingerprint density at radius 2 is 0.457 bits per heavy atom. The highest BCUT2D eigenvalue weighted by Crippen LogP contribution is 2.48. The number of ether oxygens (including phenoxy) is 5. The first kappa shape index (κ1) is 98.4. The number of likely N-dealkylation sites (N-methyl/N-ethyl adjacent to an activating group) is 5. The van der Waals surface area contributed by atoms with Crippen LogP contribution < -0.4 is 0 Å². The molecular formula is C114H144N5O10+5. The average molecular weight is 1740 g/mol. The highest BCUT2D eigenvalue weighted by molar-refractivity contribution is 6.18. The molecule has 0 saturated heterocycles. The summed E-state index contributed by atoms with van der Waals surface area (Å²) in [6.45, 7) is 46.6. The van der Waals surface area contributed by atoms with E-state index in [9.17, 15) is 24.0 Å². The van der Waals surface area contributed by atoms with Crippen LogP contribution in [0.1, 0.15) is 187 Å². The number of carbonyl (C=O) groups is 5. The zero-order valence-electron chi connectivity index (χ0n) is 79.9. The largest absolute Gasteiger partial charge is 0.459 e. The Bertz CT molecular complexity index is 5460. The van der Waals surface area contributed by atoms with Crippen molar-refractivity contribution in [1.82, 2.24) is 0 Å². The van der Waals surface area contributed by atoms with Crippen molar-refractivity contribution in [3.63, 3.8) is 0 Å². The van der Waals surface area contributed by atoms with E-state index in [1.54, 1.807) is 0 Å². The molecule has 3 aliphatic rings. The fraction of sp³-hybridized carbons (Fsp3) is 0.395. The van der Waals surface area contributed by atoms with Gasteiger partial charge in [0.25, 0.3) is 0 Å². The van der Waals surface area contributed by atoms with Crippen LogP contribution in [-0.2, 0) is 38.1 Å². The van der Waals surface area contributed by atoms with Crippen LogP contribution in [0.3, 0.4) is 0 Å². The number of quaternary nitrogens is 5. The third-order valence-corrected chi connectivity index (χ3v) is 27.8. The van der Waals surface area contributed by atoms with E-state index in [1.165, 1.54) is 19.4 Å². The average Bonchev–Trinajstić information content (AvgIpc) is 1.54. The molecular weight excluding hydrogens is 1600 g/mol. The lowest BCUT2D eigenvalue weighted by atomic mass is 9.97. The molecule has 1 atom stereocenters. The second-order valence-electron chi connectivity index (χ2n) is 36.0. The summed E-state index contributed by atoms with van der Waals surface area (Å²) >= 11 is 0. The molecule has 0 bridgehead atoms. The van der Waals surface area contributed by atoms with Gasteiger partial charge < -0.3 is 46.1 Å². The van der Waals surface area contributed by atoms with Gasteiger partial charge in [0.1, 0.15) is 83.5 Å². The Hall–Kier alpha value is -11.2. The second-order valence-corrected chi connectivity index (χ2v) is 36.0. The van der Waals surface area contributed by atoms with Crippen LogP contribution in [0.5, 0.6) is 0 Å². The number of unbranched alkanes of at least 4 members (excludes halogenated alkanes) is 1. The number of hydrogen-bond acceptors (Lipinski definition) is 10. The molecule has 0 aliphatic heterocycles. The third kappa shape index (κ3) is 23.7. The molecule has 15 nitrogen and oxygen atoms in total. The summed E-state index contributed by atoms with van der Waals surface area (Å²) in [5.74, 6) is -1.70. The fourth-order valence-corrected chi connectivity index (χ4v) is 19.7. The number of hydrogen-bond donors (Lipinski definition) is 0. The van der Waals surface area contributed by atoms with Crippen LogP contribution in [0.25, 0.3) is 76.5 Å². The summed E-state index contributed by atoms with van der Waals surface area (Å²) in [7, 11) is 6.25. The monoisotopic (exact) mass is 1740 g/mol. The zero-order valence-corrected chi connectivity index (χ0v) is 79.9. The normalized spacial score (nSPS) is 13.1. The van der Waals surface area contributed by atoms with E-state index in [0.717, 1.165) is 256 Å². The molecule has 680 valence electrons. The standard InChI is InChI=1S/C25H34NO2.C24H32NO2.C23H28NO2.C22H28NO2.C20H22NO2/c1-4-7-17-26(6-3,16-5-2)18-19-28-25(27)24-22-14-10-8-12-20(22)21-13-9-11-15-23(21)24;1-4-15-25(6-3,16-5-2)17-18-27-24(26)23-21-13-9-7-11-19(21)20-12-8-10-14-22(20)23;1-4-24(5-2,6-3)15-16-26-23(25)22-20-13-9-7-11-18(20)17-19-12-8-10-14-21(19)22;1-4-23(5-2,6-3)15-16-25-22(24)21-19-13-9-7-11-17(19)18-12-8-10-14-20(18)21;1-21(2,3)12-13-23-20(22)19-17-10-6-4-8-15(17)14-16-9-5-7-11-18(16)19/h8-15,24H,4-7,16-19H2,1-3H3;7-14,23H,4-6,15-18H2,1-3H3;7-14,17H,4-6,15-16H2,1-3H3;7-14,21H,4-6,15-16H2,1-3H3;4-11,14H,12-13H2,1-3H3/q5*+1. The Balaban J connectivity index is 0.000000156. The molecule has 15 rings (SSSR count). The predicted molar refractivity (Wildman–Crippen MR) is 530 cm³/mol. The van der Waals surface area contributed by atoms with Crippen molar-refractivity contribution >= 4 is 72.9 Å². The van der Waals surface area contributed by atoms with Crippen molar-refractivity contribution in [2.75, 3.05) is 165 Å². The third-order valence-electron chi connectivity index (χ3n) is 27.8. The Kier molecular flexibility index (Phi) is 35.8. The molecule has 1 unspecified atom stereocenters. The van der Waals surface area contributed by atoms with Gasteiger partial charge in [-0.3, -0.25) is 14.4 Å². The van der Waals surface area contributed by atoms with Gasteiger partial charge in [0.05, 0.1) is 111 Å². The molecule has 0 fully saturated rings. The fourth-order valence-electron chi connectivity index (χ4n) is 19.7. The number of benzene rings is 12. The van der Waals surface area contributed by atoms with E-state index in [4.69, 9.17) is 23.7 Å². The van der Waals surface area contributed by atoms with E-state index in [-0.39, 0.29) is 47.6 Å². The molecule has 12 aromatic carbocycles. The lowest BCUT2D eigenvalue weighted by Gasteiger charge is -2.37. The number of carbonyl (C=O) groups excluding carboxylic acids is 5. The van der Waals surface area contributed by atoms with Crippen molar-refractivity contribution < 1.29 is 70.1 Å². The first-order chi connectivity index (χ1) is 62.6. The SMILES string of the molecule is CCCC[N+](CC)(CCC)CCOC(=O)C1c2ccccc2-c2ccccc21.CCC[N+](CC)(CCC)CCOC(=O)C1c2ccccc2-c2ccccc21.CC[N+](CC)(CC)CCOC(=O)C1c2ccccc2-c2ccccc21.CC[N+](CC)(CC)CCOC(=O)c1c2ccccc2cc2ccccc12.C[N+](C)(C)CCOC(=O)c1c2ccccc2cc2ccccc12. The number of esters is 5. The lowest BCUT2D eigenvalue weighted by Crippen LogP contribution is -2.51. The van der Waals surface area contributed by atoms with Crippen LogP contribution >= 0.6 is 0 Å². The molecule has 0 aromatic heterocycles. The lowest BCUT2D eigenvalue weighted by molar-refractivity contribution is -0.927. The Morgan fingerprint density at radius 3 is 0.698 bits per heavy atom. The molecule has 15 heteroatoms. The quantitative estimate of drug-likeness (QED) is 0.0160. The molecule has 0 spiro atoms. The molecule has 0 amide bonds. The van der Waals surface area contributed by atoms with Gasteiger partial charge in [0, 0.05) is 0 Å². The summed E-state index contributed by atoms with van der Waals surface area (Å²) in [4.78, 5) is 64.7. The van der Waals surface area contributed by atoms with E-state index in [1.807, 2.05) is 182 Å². The van der Waals surface area contributed by atoms with Crippen molar-refractivity contribution in [2.45, 2.75) is 133 Å². The Labute approximate surface area is 769 Å². The van der Waals surface area contributed by atoms with Crippen molar-refractivity contribution in [3.05, 3.63) is 299 Å². The van der Waals surface area contributed by atoms with Crippen LogP contribution in [0, 0.1) is 0 Å². The summed E-state index contributed by atoms with van der Waals surface area (Å²) in [6.07, 6.45) is 5.91. The maximum Gasteiger partial charge on any atom is 0.339 e. The highest BCUT2D eigenvalue weighted by atomic mass is 16.5. The molecule has 129 heavy (non-hydrogen) atoms. The van der Waals surface area contributed by atoms with Gasteiger partial charge in [0.2, 0.25) is 0 Å². The predicted octanol–water partition coefficient (Wildman–Crippen LogP) is 23.5. The second kappa shape index (κ2) is 46.9. The zero-order chi connectivity index (χ0) is 92.1. The van der Waals surface area contributed by atoms with Crippen LogP contribution in [0.2, 0.25) is 0 Å². The maximum absolute atomic E-state index is 13.1. The van der Waals surface area contributed by atoms with E-state index in [2.05, 4.69) is 177 Å². The van der Waals surface area contributed by atoms with Gasteiger partial charge in [-0.15, -0.1) is 0 Å². The van der Waals surface area contributed by atoms with E-state index < -0.39 is 0 Å². The van der Waals surface area contributed by atoms with Gasteiger partial charge >= 0.3 is 29.8 Å². The van der Waals surface area contributed by atoms with Gasteiger partial charge in [0.15, 0.2) is 0 Å². The Morgan fingerprint density at radius 1 is 0.240 bits per heavy atom. The van der Waals surface area contributed by atoms with Crippen LogP contribution in [0.4, 0.5) is 0 Å². The van der Waals surface area contributed by atoms with Crippen molar-refractivity contribution in [2.24, 2.45) is 0 Å². The number of rotatable bonds is 37. The molecule has 12 aromatic rings. The minimum Gasteiger partial charge on any atom is -0.459 e. The topological polar surface area (TPSA) is 132 Å². The molecule has 0 saturated carbocycles. The van der Waals surface area contributed by atoms with Gasteiger partial charge in [-0.1, -0.05) is 277 Å². The summed E-state index contributed by atoms with van der Waals surface area (Å²) < 4.78 is 33.6. The summed E-state index contributed by atoms with van der Waals surface area (Å²) in [5.41, 5.74) is 14.7. The minimum absolute atomic E-state index is 0.112. The van der Waals surface area contributed by atoms with Crippen LogP contribution in [0.15, 0.2) is 255 Å². The first-order valence-corrected chi connectivity index (χ1v) is 48.0.